The first-order valence-electron chi connectivity index (χ1n) is 6.56. The van der Waals surface area contributed by atoms with Crippen molar-refractivity contribution in [2.45, 2.75) is 20.3 Å². The number of ether oxygens (including phenoxy) is 1. The topological polar surface area (TPSA) is 75.8 Å². The number of hydrogen-bond donors (Lipinski definition) is 2. The summed E-state index contributed by atoms with van der Waals surface area (Å²) in [5.41, 5.74) is 6.86. The highest BCUT2D eigenvalue weighted by atomic mass is 16.5. The van der Waals surface area contributed by atoms with Crippen molar-refractivity contribution in [3.05, 3.63) is 23.8 Å². The Balaban J connectivity index is 2.83. The second-order valence-electron chi connectivity index (χ2n) is 4.15. The molecular formula is C14H22N2O3. The predicted molar refractivity (Wildman–Crippen MR) is 75.3 cm³/mol. The Morgan fingerprint density at radius 2 is 2.16 bits per heavy atom. The molecule has 1 aromatic rings. The maximum Gasteiger partial charge on any atom is 0.253 e. The molecule has 0 saturated heterocycles. The molecule has 1 aromatic carbocycles. The van der Waals surface area contributed by atoms with Crippen LogP contribution in [-0.2, 0) is 0 Å². The first-order chi connectivity index (χ1) is 9.13. The fraction of sp³-hybridized carbons (Fsp3) is 0.500. The lowest BCUT2D eigenvalue weighted by Crippen LogP contribution is -2.32. The summed E-state index contributed by atoms with van der Waals surface area (Å²) in [7, 11) is 0. The summed E-state index contributed by atoms with van der Waals surface area (Å²) in [6, 6.07) is 5.06. The van der Waals surface area contributed by atoms with E-state index in [0.717, 1.165) is 0 Å². The molecule has 0 aliphatic heterocycles. The highest BCUT2D eigenvalue weighted by Gasteiger charge is 2.15. The third-order valence-corrected chi connectivity index (χ3v) is 2.81. The van der Waals surface area contributed by atoms with Crippen LogP contribution in [0, 0.1) is 0 Å². The van der Waals surface area contributed by atoms with Gasteiger partial charge in [-0.25, -0.2) is 0 Å². The summed E-state index contributed by atoms with van der Waals surface area (Å²) in [5, 5.41) is 8.83. The van der Waals surface area contributed by atoms with Gasteiger partial charge in [0.1, 0.15) is 5.75 Å². The lowest BCUT2D eigenvalue weighted by atomic mass is 10.1. The Hall–Kier alpha value is -1.75. The summed E-state index contributed by atoms with van der Waals surface area (Å²) in [4.78, 5) is 13.9. The van der Waals surface area contributed by atoms with Crippen LogP contribution in [0.15, 0.2) is 18.2 Å². The molecule has 0 heterocycles. The van der Waals surface area contributed by atoms with Crippen molar-refractivity contribution in [2.24, 2.45) is 0 Å². The Bertz CT molecular complexity index is 421. The molecule has 5 nitrogen and oxygen atoms in total. The van der Waals surface area contributed by atoms with Gasteiger partial charge in [-0.05, 0) is 38.5 Å². The maximum atomic E-state index is 12.3. The molecule has 0 radical (unpaired) electrons. The molecule has 0 saturated carbocycles. The van der Waals surface area contributed by atoms with E-state index in [0.29, 0.717) is 43.1 Å². The van der Waals surface area contributed by atoms with Gasteiger partial charge in [0.05, 0.1) is 12.3 Å². The van der Waals surface area contributed by atoms with E-state index in [1.807, 2.05) is 13.8 Å². The number of nitrogen functional groups attached to an aromatic ring is 1. The SMILES string of the molecule is CCOc1ccc(C(=O)N(CC)CCCO)cc1N. The monoisotopic (exact) mass is 266 g/mol. The van der Waals surface area contributed by atoms with Gasteiger partial charge in [-0.3, -0.25) is 4.79 Å². The molecular weight excluding hydrogens is 244 g/mol. The Morgan fingerprint density at radius 3 is 2.68 bits per heavy atom. The molecule has 0 aliphatic carbocycles. The van der Waals surface area contributed by atoms with Crippen LogP contribution in [0.2, 0.25) is 0 Å². The minimum Gasteiger partial charge on any atom is -0.492 e. The van der Waals surface area contributed by atoms with E-state index < -0.39 is 0 Å². The van der Waals surface area contributed by atoms with Crippen molar-refractivity contribution in [1.29, 1.82) is 0 Å². The number of hydrogen-bond acceptors (Lipinski definition) is 4. The van der Waals surface area contributed by atoms with Crippen LogP contribution >= 0.6 is 0 Å². The first kappa shape index (κ1) is 15.3. The van der Waals surface area contributed by atoms with Crippen molar-refractivity contribution in [3.8, 4) is 5.75 Å². The van der Waals surface area contributed by atoms with Gasteiger partial charge in [0.25, 0.3) is 5.91 Å². The van der Waals surface area contributed by atoms with Gasteiger partial charge in [0.15, 0.2) is 0 Å². The molecule has 0 fully saturated rings. The standard InChI is InChI=1S/C14H22N2O3/c1-3-16(8-5-9-17)14(18)11-6-7-13(19-4-2)12(15)10-11/h6-7,10,17H,3-5,8-9,15H2,1-2H3. The predicted octanol–water partition coefficient (Wildman–Crippen LogP) is 1.51. The third kappa shape index (κ3) is 4.13. The third-order valence-electron chi connectivity index (χ3n) is 2.81. The van der Waals surface area contributed by atoms with Crippen LogP contribution < -0.4 is 10.5 Å². The summed E-state index contributed by atoms with van der Waals surface area (Å²) in [6.45, 7) is 5.55. The van der Waals surface area contributed by atoms with Crippen LogP contribution in [0.4, 0.5) is 5.69 Å². The number of anilines is 1. The molecule has 0 atom stereocenters. The Labute approximate surface area is 114 Å². The molecule has 1 amide bonds. The molecule has 0 unspecified atom stereocenters. The number of aliphatic hydroxyl groups excluding tert-OH is 1. The van der Waals surface area contributed by atoms with Crippen molar-refractivity contribution in [1.82, 2.24) is 4.90 Å². The summed E-state index contributed by atoms with van der Waals surface area (Å²) in [6.07, 6.45) is 0.575. The summed E-state index contributed by atoms with van der Waals surface area (Å²) < 4.78 is 5.34. The fourth-order valence-corrected chi connectivity index (χ4v) is 1.82. The summed E-state index contributed by atoms with van der Waals surface area (Å²) in [5.74, 6) is 0.517. The number of benzene rings is 1. The minimum absolute atomic E-state index is 0.0781. The van der Waals surface area contributed by atoms with E-state index in [9.17, 15) is 4.79 Å². The maximum absolute atomic E-state index is 12.3. The minimum atomic E-state index is -0.0781. The normalized spacial score (nSPS) is 10.3. The van der Waals surface area contributed by atoms with Gasteiger partial charge in [0.2, 0.25) is 0 Å². The average molecular weight is 266 g/mol. The highest BCUT2D eigenvalue weighted by Crippen LogP contribution is 2.23. The molecule has 0 aliphatic rings. The van der Waals surface area contributed by atoms with E-state index in [1.165, 1.54) is 0 Å². The fourth-order valence-electron chi connectivity index (χ4n) is 1.82. The van der Waals surface area contributed by atoms with Crippen LogP contribution in [-0.4, -0.2) is 42.2 Å². The largest absolute Gasteiger partial charge is 0.492 e. The van der Waals surface area contributed by atoms with Crippen LogP contribution in [0.3, 0.4) is 0 Å². The zero-order valence-corrected chi connectivity index (χ0v) is 11.6. The molecule has 106 valence electrons. The van der Waals surface area contributed by atoms with Crippen molar-refractivity contribution in [2.75, 3.05) is 32.0 Å². The van der Waals surface area contributed by atoms with E-state index in [1.54, 1.807) is 23.1 Å². The lowest BCUT2D eigenvalue weighted by molar-refractivity contribution is 0.0754. The van der Waals surface area contributed by atoms with Crippen molar-refractivity contribution < 1.29 is 14.6 Å². The average Bonchev–Trinajstić information content (AvgIpc) is 2.42. The van der Waals surface area contributed by atoms with Crippen LogP contribution in [0.1, 0.15) is 30.6 Å². The number of amides is 1. The van der Waals surface area contributed by atoms with Gasteiger partial charge < -0.3 is 20.5 Å². The first-order valence-corrected chi connectivity index (χ1v) is 6.56. The zero-order chi connectivity index (χ0) is 14.3. The molecule has 1 rings (SSSR count). The van der Waals surface area contributed by atoms with Gasteiger partial charge in [0, 0.05) is 25.3 Å². The van der Waals surface area contributed by atoms with Gasteiger partial charge in [-0.2, -0.15) is 0 Å². The molecule has 19 heavy (non-hydrogen) atoms. The van der Waals surface area contributed by atoms with Crippen molar-refractivity contribution >= 4 is 11.6 Å². The molecule has 0 bridgehead atoms. The number of carbonyl (C=O) groups excluding carboxylic acids is 1. The van der Waals surface area contributed by atoms with E-state index >= 15 is 0 Å². The smallest absolute Gasteiger partial charge is 0.253 e. The number of rotatable bonds is 7. The lowest BCUT2D eigenvalue weighted by Gasteiger charge is -2.21. The Morgan fingerprint density at radius 1 is 1.42 bits per heavy atom. The van der Waals surface area contributed by atoms with Gasteiger partial charge >= 0.3 is 0 Å². The number of nitrogens with two attached hydrogens (primary N) is 1. The molecule has 0 spiro atoms. The molecule has 5 heteroatoms. The van der Waals surface area contributed by atoms with Gasteiger partial charge in [-0.1, -0.05) is 0 Å². The highest BCUT2D eigenvalue weighted by molar-refractivity contribution is 5.95. The number of carbonyl (C=O) groups is 1. The Kier molecular flexibility index (Phi) is 6.15. The van der Waals surface area contributed by atoms with Crippen LogP contribution in [0.25, 0.3) is 0 Å². The van der Waals surface area contributed by atoms with Gasteiger partial charge in [-0.15, -0.1) is 0 Å². The second kappa shape index (κ2) is 7.63. The van der Waals surface area contributed by atoms with E-state index in [4.69, 9.17) is 15.6 Å². The van der Waals surface area contributed by atoms with E-state index in [2.05, 4.69) is 0 Å². The quantitative estimate of drug-likeness (QED) is 0.734. The number of aliphatic hydroxyl groups is 1. The second-order valence-corrected chi connectivity index (χ2v) is 4.15. The van der Waals surface area contributed by atoms with Crippen LogP contribution in [0.5, 0.6) is 5.75 Å². The molecule has 3 N–H and O–H groups in total. The van der Waals surface area contributed by atoms with E-state index in [-0.39, 0.29) is 12.5 Å². The zero-order valence-electron chi connectivity index (χ0n) is 11.6. The summed E-state index contributed by atoms with van der Waals surface area (Å²) >= 11 is 0. The number of nitrogens with zero attached hydrogens (tertiary/aromatic N) is 1. The molecule has 0 aromatic heterocycles. The van der Waals surface area contributed by atoms with Crippen molar-refractivity contribution in [3.63, 3.8) is 0 Å².